The normalized spacial score (nSPS) is 26.2. The zero-order valence-corrected chi connectivity index (χ0v) is 10.8. The van der Waals surface area contributed by atoms with E-state index in [9.17, 15) is 9.90 Å². The lowest BCUT2D eigenvalue weighted by Gasteiger charge is -2.36. The second-order valence-corrected chi connectivity index (χ2v) is 5.30. The molecule has 3 heteroatoms. The van der Waals surface area contributed by atoms with Crippen LogP contribution >= 0.6 is 0 Å². The smallest absolute Gasteiger partial charge is 0.222 e. The van der Waals surface area contributed by atoms with Crippen molar-refractivity contribution in [1.29, 1.82) is 0 Å². The number of carbonyl (C=O) groups excluding carboxylic acids is 1. The second-order valence-electron chi connectivity index (χ2n) is 5.30. The minimum Gasteiger partial charge on any atom is -0.393 e. The summed E-state index contributed by atoms with van der Waals surface area (Å²) in [4.78, 5) is 13.8. The summed E-state index contributed by atoms with van der Waals surface area (Å²) in [6.07, 6.45) is 3.11. The Morgan fingerprint density at radius 2 is 2.19 bits per heavy atom. The fourth-order valence-corrected chi connectivity index (χ4v) is 2.22. The molecule has 16 heavy (non-hydrogen) atoms. The highest BCUT2D eigenvalue weighted by Gasteiger charge is 2.28. The summed E-state index contributed by atoms with van der Waals surface area (Å²) >= 11 is 0. The molecule has 1 rings (SSSR count). The van der Waals surface area contributed by atoms with E-state index in [2.05, 4.69) is 20.8 Å². The number of rotatable bonds is 4. The van der Waals surface area contributed by atoms with Crippen LogP contribution < -0.4 is 0 Å². The first kappa shape index (κ1) is 13.5. The first-order valence-electron chi connectivity index (χ1n) is 6.50. The van der Waals surface area contributed by atoms with Gasteiger partial charge in [-0.3, -0.25) is 4.79 Å². The highest BCUT2D eigenvalue weighted by atomic mass is 16.3. The first-order chi connectivity index (χ1) is 7.54. The van der Waals surface area contributed by atoms with Crippen molar-refractivity contribution in [2.24, 2.45) is 11.8 Å². The Labute approximate surface area is 98.8 Å². The number of amides is 1. The molecule has 0 aromatic heterocycles. The molecule has 1 saturated heterocycles. The molecule has 1 fully saturated rings. The molecule has 0 bridgehead atoms. The van der Waals surface area contributed by atoms with Gasteiger partial charge in [0.05, 0.1) is 6.10 Å². The number of hydrogen-bond donors (Lipinski definition) is 1. The summed E-state index contributed by atoms with van der Waals surface area (Å²) < 4.78 is 0. The van der Waals surface area contributed by atoms with Crippen LogP contribution in [0.4, 0.5) is 0 Å². The van der Waals surface area contributed by atoms with Gasteiger partial charge < -0.3 is 10.0 Å². The van der Waals surface area contributed by atoms with Crippen molar-refractivity contribution in [3.8, 4) is 0 Å². The molecule has 0 spiro atoms. The molecule has 1 aliphatic rings. The Morgan fingerprint density at radius 1 is 1.50 bits per heavy atom. The van der Waals surface area contributed by atoms with E-state index in [0.717, 1.165) is 32.4 Å². The van der Waals surface area contributed by atoms with Crippen LogP contribution in [0.15, 0.2) is 0 Å². The molecule has 1 amide bonds. The van der Waals surface area contributed by atoms with E-state index in [1.807, 2.05) is 4.90 Å². The van der Waals surface area contributed by atoms with Crippen LogP contribution in [0.1, 0.15) is 46.5 Å². The summed E-state index contributed by atoms with van der Waals surface area (Å²) in [6, 6.07) is 0. The molecule has 2 unspecified atom stereocenters. The average Bonchev–Trinajstić information content (AvgIpc) is 2.26. The highest BCUT2D eigenvalue weighted by Crippen LogP contribution is 2.21. The van der Waals surface area contributed by atoms with Crippen LogP contribution in [-0.4, -0.2) is 35.1 Å². The zero-order valence-electron chi connectivity index (χ0n) is 10.8. The monoisotopic (exact) mass is 227 g/mol. The van der Waals surface area contributed by atoms with Gasteiger partial charge in [0, 0.05) is 25.4 Å². The van der Waals surface area contributed by atoms with Crippen molar-refractivity contribution in [2.75, 3.05) is 13.1 Å². The molecule has 0 radical (unpaired) electrons. The lowest BCUT2D eigenvalue weighted by Crippen LogP contribution is -2.45. The summed E-state index contributed by atoms with van der Waals surface area (Å²) in [6.45, 7) is 7.84. The van der Waals surface area contributed by atoms with Gasteiger partial charge in [-0.1, -0.05) is 20.8 Å². The van der Waals surface area contributed by atoms with Crippen molar-refractivity contribution in [2.45, 2.75) is 52.6 Å². The molecule has 1 heterocycles. The van der Waals surface area contributed by atoms with E-state index in [1.165, 1.54) is 0 Å². The van der Waals surface area contributed by atoms with Crippen molar-refractivity contribution in [3.63, 3.8) is 0 Å². The van der Waals surface area contributed by atoms with Gasteiger partial charge in [-0.2, -0.15) is 0 Å². The number of nitrogens with zero attached hydrogens (tertiary/aromatic N) is 1. The summed E-state index contributed by atoms with van der Waals surface area (Å²) in [5.74, 6) is 1.12. The zero-order chi connectivity index (χ0) is 12.1. The molecule has 1 N–H and O–H groups in total. The van der Waals surface area contributed by atoms with Gasteiger partial charge >= 0.3 is 0 Å². The van der Waals surface area contributed by atoms with Gasteiger partial charge in [0.2, 0.25) is 5.91 Å². The maximum absolute atomic E-state index is 11.9. The van der Waals surface area contributed by atoms with Crippen LogP contribution in [0.3, 0.4) is 0 Å². The van der Waals surface area contributed by atoms with Gasteiger partial charge in [0.15, 0.2) is 0 Å². The lowest BCUT2D eigenvalue weighted by molar-refractivity contribution is -0.135. The second kappa shape index (κ2) is 6.24. The van der Waals surface area contributed by atoms with Gasteiger partial charge in [-0.25, -0.2) is 0 Å². The van der Waals surface area contributed by atoms with E-state index < -0.39 is 0 Å². The van der Waals surface area contributed by atoms with Crippen LogP contribution in [0.25, 0.3) is 0 Å². The van der Waals surface area contributed by atoms with Crippen molar-refractivity contribution < 1.29 is 9.90 Å². The quantitative estimate of drug-likeness (QED) is 0.798. The van der Waals surface area contributed by atoms with Crippen molar-refractivity contribution in [1.82, 2.24) is 4.90 Å². The Bertz CT molecular complexity index is 228. The lowest BCUT2D eigenvalue weighted by atomic mass is 9.92. The van der Waals surface area contributed by atoms with Crippen LogP contribution in [-0.2, 0) is 4.79 Å². The molecule has 2 atom stereocenters. The number of aliphatic hydroxyl groups is 1. The predicted octanol–water partition coefficient (Wildman–Crippen LogP) is 2.04. The van der Waals surface area contributed by atoms with Crippen LogP contribution in [0.5, 0.6) is 0 Å². The highest BCUT2D eigenvalue weighted by molar-refractivity contribution is 5.76. The summed E-state index contributed by atoms with van der Waals surface area (Å²) in [7, 11) is 0. The predicted molar refractivity (Wildman–Crippen MR) is 65.1 cm³/mol. The number of carbonyl (C=O) groups is 1. The number of likely N-dealkylation sites (tertiary alicyclic amines) is 1. The van der Waals surface area contributed by atoms with Crippen molar-refractivity contribution >= 4 is 5.91 Å². The molecule has 0 aromatic rings. The van der Waals surface area contributed by atoms with E-state index in [-0.39, 0.29) is 17.9 Å². The number of piperidine rings is 1. The van der Waals surface area contributed by atoms with E-state index in [0.29, 0.717) is 12.3 Å². The van der Waals surface area contributed by atoms with Gasteiger partial charge in [0.25, 0.3) is 0 Å². The van der Waals surface area contributed by atoms with E-state index in [4.69, 9.17) is 0 Å². The van der Waals surface area contributed by atoms with Crippen LogP contribution in [0.2, 0.25) is 0 Å². The van der Waals surface area contributed by atoms with Crippen molar-refractivity contribution in [3.05, 3.63) is 0 Å². The summed E-state index contributed by atoms with van der Waals surface area (Å²) in [5, 5.41) is 9.75. The fraction of sp³-hybridized carbons (Fsp3) is 0.923. The Balaban J connectivity index is 2.39. The minimum absolute atomic E-state index is 0.209. The standard InChI is InChI=1S/C13H25NO2/c1-4-11-9-14(8-7-12(11)15)13(16)6-5-10(2)3/h10-12,15H,4-9H2,1-3H3. The Morgan fingerprint density at radius 3 is 2.75 bits per heavy atom. The maximum atomic E-state index is 11.9. The molecule has 3 nitrogen and oxygen atoms in total. The first-order valence-corrected chi connectivity index (χ1v) is 6.50. The number of hydrogen-bond acceptors (Lipinski definition) is 2. The van der Waals surface area contributed by atoms with E-state index >= 15 is 0 Å². The van der Waals surface area contributed by atoms with Gasteiger partial charge in [0.1, 0.15) is 0 Å². The van der Waals surface area contributed by atoms with Crippen LogP contribution in [0, 0.1) is 11.8 Å². The molecule has 94 valence electrons. The van der Waals surface area contributed by atoms with Gasteiger partial charge in [-0.15, -0.1) is 0 Å². The summed E-state index contributed by atoms with van der Waals surface area (Å²) in [5.41, 5.74) is 0. The number of aliphatic hydroxyl groups excluding tert-OH is 1. The molecule has 1 aliphatic heterocycles. The SMILES string of the molecule is CCC1CN(C(=O)CCC(C)C)CCC1O. The largest absolute Gasteiger partial charge is 0.393 e. The third-order valence-corrected chi connectivity index (χ3v) is 3.51. The third-order valence-electron chi connectivity index (χ3n) is 3.51. The maximum Gasteiger partial charge on any atom is 0.222 e. The Hall–Kier alpha value is -0.570. The topological polar surface area (TPSA) is 40.5 Å². The molecule has 0 aliphatic carbocycles. The molecule has 0 aromatic carbocycles. The van der Waals surface area contributed by atoms with Gasteiger partial charge in [-0.05, 0) is 25.2 Å². The third kappa shape index (κ3) is 3.78. The molecular formula is C13H25NO2. The fourth-order valence-electron chi connectivity index (χ4n) is 2.22. The molecular weight excluding hydrogens is 202 g/mol. The van der Waals surface area contributed by atoms with E-state index in [1.54, 1.807) is 0 Å². The minimum atomic E-state index is -0.209. The Kier molecular flexibility index (Phi) is 5.26. The average molecular weight is 227 g/mol. The molecule has 0 saturated carbocycles.